The lowest BCUT2D eigenvalue weighted by Gasteiger charge is -2.11. The molecule has 0 saturated carbocycles. The molecule has 6 heteroatoms. The van der Waals surface area contributed by atoms with E-state index in [9.17, 15) is 4.79 Å². The molecule has 0 unspecified atom stereocenters. The zero-order valence-electron chi connectivity index (χ0n) is 17.4. The molecule has 5 nitrogen and oxygen atoms in total. The average molecular weight is 445 g/mol. The minimum absolute atomic E-state index is 0.252. The second kappa shape index (κ2) is 9.98. The Morgan fingerprint density at radius 3 is 2.44 bits per heavy atom. The molecule has 0 aliphatic rings. The van der Waals surface area contributed by atoms with Crippen molar-refractivity contribution in [2.45, 2.75) is 6.61 Å². The van der Waals surface area contributed by atoms with Crippen molar-refractivity contribution in [2.24, 2.45) is 0 Å². The molecule has 1 amide bonds. The number of amides is 1. The predicted molar refractivity (Wildman–Crippen MR) is 126 cm³/mol. The Hall–Kier alpha value is -3.83. The van der Waals surface area contributed by atoms with E-state index in [1.807, 2.05) is 54.6 Å². The minimum atomic E-state index is -0.252. The number of ether oxygens (including phenoxy) is 2. The number of hydrogen-bond donors (Lipinski definition) is 1. The predicted octanol–water partition coefficient (Wildman–Crippen LogP) is 6.24. The van der Waals surface area contributed by atoms with Gasteiger partial charge in [0.1, 0.15) is 12.4 Å². The highest BCUT2D eigenvalue weighted by Gasteiger charge is 2.11. The highest BCUT2D eigenvalue weighted by Crippen LogP contribution is 2.30. The van der Waals surface area contributed by atoms with Gasteiger partial charge in [-0.3, -0.25) is 4.79 Å². The van der Waals surface area contributed by atoms with Crippen LogP contribution in [0.5, 0.6) is 11.6 Å². The van der Waals surface area contributed by atoms with Gasteiger partial charge in [0.25, 0.3) is 5.91 Å². The summed E-state index contributed by atoms with van der Waals surface area (Å²) in [6, 6.07) is 26.2. The lowest BCUT2D eigenvalue weighted by atomic mass is 10.0. The molecule has 1 heterocycles. The highest BCUT2D eigenvalue weighted by atomic mass is 35.5. The van der Waals surface area contributed by atoms with E-state index in [1.54, 1.807) is 36.5 Å². The van der Waals surface area contributed by atoms with Crippen LogP contribution in [0.4, 0.5) is 5.69 Å². The molecule has 4 rings (SSSR count). The summed E-state index contributed by atoms with van der Waals surface area (Å²) in [4.78, 5) is 16.8. The molecule has 1 aromatic heterocycles. The topological polar surface area (TPSA) is 60.5 Å². The van der Waals surface area contributed by atoms with Crippen LogP contribution in [0.1, 0.15) is 15.9 Å². The zero-order chi connectivity index (χ0) is 22.3. The first-order chi connectivity index (χ1) is 15.6. The standard InChI is InChI=1S/C26H21ClN2O3/c1-31-25-14-10-21(16-28-25)29-26(30)20-9-13-24(27)23(15-20)19-7-11-22(12-8-19)32-17-18-5-3-2-4-6-18/h2-16H,17H2,1H3,(H,29,30). The van der Waals surface area contributed by atoms with E-state index in [0.717, 1.165) is 22.4 Å². The molecule has 0 aliphatic carbocycles. The zero-order valence-corrected chi connectivity index (χ0v) is 18.2. The molecule has 1 N–H and O–H groups in total. The average Bonchev–Trinajstić information content (AvgIpc) is 2.84. The molecule has 0 spiro atoms. The van der Waals surface area contributed by atoms with E-state index in [-0.39, 0.29) is 5.91 Å². The summed E-state index contributed by atoms with van der Waals surface area (Å²) in [5.41, 5.74) is 3.83. The van der Waals surface area contributed by atoms with Gasteiger partial charge in [-0.15, -0.1) is 0 Å². The number of anilines is 1. The third kappa shape index (κ3) is 5.25. The van der Waals surface area contributed by atoms with E-state index in [2.05, 4.69) is 10.3 Å². The van der Waals surface area contributed by atoms with Crippen molar-refractivity contribution >= 4 is 23.2 Å². The van der Waals surface area contributed by atoms with Gasteiger partial charge in [-0.25, -0.2) is 4.98 Å². The van der Waals surface area contributed by atoms with Crippen LogP contribution in [0.25, 0.3) is 11.1 Å². The summed E-state index contributed by atoms with van der Waals surface area (Å²) in [6.07, 6.45) is 1.54. The van der Waals surface area contributed by atoms with Crippen molar-refractivity contribution in [3.8, 4) is 22.8 Å². The Kier molecular flexibility index (Phi) is 6.68. The van der Waals surface area contributed by atoms with Crippen LogP contribution >= 0.6 is 11.6 Å². The van der Waals surface area contributed by atoms with Gasteiger partial charge in [0.2, 0.25) is 5.88 Å². The minimum Gasteiger partial charge on any atom is -0.489 e. The number of carbonyl (C=O) groups excluding carboxylic acids is 1. The maximum atomic E-state index is 12.7. The molecule has 32 heavy (non-hydrogen) atoms. The highest BCUT2D eigenvalue weighted by molar-refractivity contribution is 6.33. The SMILES string of the molecule is COc1ccc(NC(=O)c2ccc(Cl)c(-c3ccc(OCc4ccccc4)cc3)c2)cn1. The number of methoxy groups -OCH3 is 1. The first-order valence-electron chi connectivity index (χ1n) is 10.0. The Labute approximate surface area is 191 Å². The van der Waals surface area contributed by atoms with Gasteiger partial charge in [0.05, 0.1) is 19.0 Å². The Balaban J connectivity index is 1.47. The summed E-state index contributed by atoms with van der Waals surface area (Å²) >= 11 is 6.42. The smallest absolute Gasteiger partial charge is 0.255 e. The summed E-state index contributed by atoms with van der Waals surface area (Å²) in [7, 11) is 1.54. The number of pyridine rings is 1. The molecular formula is C26H21ClN2O3. The second-order valence-electron chi connectivity index (χ2n) is 7.04. The van der Waals surface area contributed by atoms with Crippen LogP contribution in [-0.2, 0) is 6.61 Å². The van der Waals surface area contributed by atoms with Crippen molar-refractivity contribution < 1.29 is 14.3 Å². The fraction of sp³-hybridized carbons (Fsp3) is 0.0769. The number of nitrogens with zero attached hydrogens (tertiary/aromatic N) is 1. The molecule has 0 atom stereocenters. The van der Waals surface area contributed by atoms with Gasteiger partial charge in [0, 0.05) is 22.2 Å². The molecule has 0 radical (unpaired) electrons. The number of carbonyl (C=O) groups is 1. The number of aromatic nitrogens is 1. The largest absolute Gasteiger partial charge is 0.489 e. The summed E-state index contributed by atoms with van der Waals surface area (Å²) in [5.74, 6) is 0.986. The van der Waals surface area contributed by atoms with Crippen molar-refractivity contribution in [1.82, 2.24) is 4.98 Å². The fourth-order valence-electron chi connectivity index (χ4n) is 3.14. The van der Waals surface area contributed by atoms with Crippen molar-refractivity contribution in [2.75, 3.05) is 12.4 Å². The van der Waals surface area contributed by atoms with Crippen molar-refractivity contribution in [1.29, 1.82) is 0 Å². The van der Waals surface area contributed by atoms with E-state index in [4.69, 9.17) is 21.1 Å². The van der Waals surface area contributed by atoms with Crippen LogP contribution in [0.3, 0.4) is 0 Å². The molecule has 160 valence electrons. The second-order valence-corrected chi connectivity index (χ2v) is 7.44. The third-order valence-electron chi connectivity index (χ3n) is 4.85. The number of nitrogens with one attached hydrogen (secondary N) is 1. The van der Waals surface area contributed by atoms with Crippen LogP contribution in [-0.4, -0.2) is 18.0 Å². The van der Waals surface area contributed by atoms with Crippen molar-refractivity contribution in [3.05, 3.63) is 107 Å². The molecule has 3 aromatic carbocycles. The van der Waals surface area contributed by atoms with Crippen LogP contribution < -0.4 is 14.8 Å². The Morgan fingerprint density at radius 1 is 0.969 bits per heavy atom. The van der Waals surface area contributed by atoms with E-state index in [0.29, 0.717) is 28.8 Å². The molecular weight excluding hydrogens is 424 g/mol. The van der Waals surface area contributed by atoms with E-state index >= 15 is 0 Å². The fourth-order valence-corrected chi connectivity index (χ4v) is 3.36. The van der Waals surface area contributed by atoms with Crippen LogP contribution in [0.2, 0.25) is 5.02 Å². The number of rotatable bonds is 7. The summed E-state index contributed by atoms with van der Waals surface area (Å²) in [6.45, 7) is 0.497. The normalized spacial score (nSPS) is 10.4. The van der Waals surface area contributed by atoms with Gasteiger partial charge >= 0.3 is 0 Å². The number of benzene rings is 3. The van der Waals surface area contributed by atoms with Gasteiger partial charge in [-0.2, -0.15) is 0 Å². The van der Waals surface area contributed by atoms with Gasteiger partial charge in [0.15, 0.2) is 0 Å². The van der Waals surface area contributed by atoms with E-state index in [1.165, 1.54) is 7.11 Å². The Bertz CT molecular complexity index is 1190. The molecule has 0 saturated heterocycles. The number of hydrogen-bond acceptors (Lipinski definition) is 4. The van der Waals surface area contributed by atoms with Crippen LogP contribution in [0, 0.1) is 0 Å². The Morgan fingerprint density at radius 2 is 1.75 bits per heavy atom. The lowest BCUT2D eigenvalue weighted by Crippen LogP contribution is -2.12. The van der Waals surface area contributed by atoms with Gasteiger partial charge in [-0.05, 0) is 47.5 Å². The molecule has 4 aromatic rings. The first kappa shape index (κ1) is 21.4. The number of halogens is 1. The quantitative estimate of drug-likeness (QED) is 0.366. The monoisotopic (exact) mass is 444 g/mol. The van der Waals surface area contributed by atoms with Crippen molar-refractivity contribution in [3.63, 3.8) is 0 Å². The maximum absolute atomic E-state index is 12.7. The molecule has 0 aliphatic heterocycles. The summed E-state index contributed by atoms with van der Waals surface area (Å²) in [5, 5.41) is 3.39. The van der Waals surface area contributed by atoms with Gasteiger partial charge in [-0.1, -0.05) is 54.1 Å². The first-order valence-corrected chi connectivity index (χ1v) is 10.4. The van der Waals surface area contributed by atoms with Crippen LogP contribution in [0.15, 0.2) is 91.1 Å². The third-order valence-corrected chi connectivity index (χ3v) is 5.18. The molecule has 0 bridgehead atoms. The lowest BCUT2D eigenvalue weighted by molar-refractivity contribution is 0.102. The van der Waals surface area contributed by atoms with Gasteiger partial charge < -0.3 is 14.8 Å². The maximum Gasteiger partial charge on any atom is 0.255 e. The van der Waals surface area contributed by atoms with E-state index < -0.39 is 0 Å². The summed E-state index contributed by atoms with van der Waals surface area (Å²) < 4.78 is 10.9. The molecule has 0 fully saturated rings.